The molecule has 0 bridgehead atoms. The Bertz CT molecular complexity index is 363. The highest BCUT2D eigenvalue weighted by Gasteiger charge is 2.27. The van der Waals surface area contributed by atoms with Crippen LogP contribution >= 0.6 is 11.3 Å². The molecule has 0 radical (unpaired) electrons. The molecule has 0 spiro atoms. The van der Waals surface area contributed by atoms with Gasteiger partial charge in [0.25, 0.3) is 0 Å². The Hall–Kier alpha value is -0.670. The predicted octanol–water partition coefficient (Wildman–Crippen LogP) is 2.77. The number of nitrogens with zero attached hydrogens (tertiary/aromatic N) is 1. The Morgan fingerprint density at radius 1 is 1.53 bits per heavy atom. The second-order valence-corrected chi connectivity index (χ2v) is 5.61. The van der Waals surface area contributed by atoms with Crippen LogP contribution in [0.15, 0.2) is 12.2 Å². The minimum Gasteiger partial charge on any atom is -0.385 e. The molecule has 1 aromatic rings. The van der Waals surface area contributed by atoms with Crippen LogP contribution in [0.2, 0.25) is 0 Å². The SMILES string of the molecule is Cc1nc(CC2(O)C=CCCC2)sc1C. The molecule has 0 fully saturated rings. The smallest absolute Gasteiger partial charge is 0.0962 e. The van der Waals surface area contributed by atoms with Gasteiger partial charge in [0.2, 0.25) is 0 Å². The average Bonchev–Trinajstić information content (AvgIpc) is 2.46. The summed E-state index contributed by atoms with van der Waals surface area (Å²) in [5, 5.41) is 11.4. The first kappa shape index (κ1) is 10.8. The molecule has 1 atom stereocenters. The highest BCUT2D eigenvalue weighted by atomic mass is 32.1. The topological polar surface area (TPSA) is 33.1 Å². The Morgan fingerprint density at radius 2 is 2.33 bits per heavy atom. The van der Waals surface area contributed by atoms with Crippen LogP contribution < -0.4 is 0 Å². The van der Waals surface area contributed by atoms with E-state index in [1.807, 2.05) is 13.0 Å². The summed E-state index contributed by atoms with van der Waals surface area (Å²) < 4.78 is 0. The van der Waals surface area contributed by atoms with Gasteiger partial charge in [-0.15, -0.1) is 11.3 Å². The molecule has 2 nitrogen and oxygen atoms in total. The first-order chi connectivity index (χ1) is 7.09. The number of hydrogen-bond acceptors (Lipinski definition) is 3. The van der Waals surface area contributed by atoms with Gasteiger partial charge in [-0.2, -0.15) is 0 Å². The van der Waals surface area contributed by atoms with E-state index in [-0.39, 0.29) is 0 Å². The quantitative estimate of drug-likeness (QED) is 0.782. The normalized spacial score (nSPS) is 25.8. The van der Waals surface area contributed by atoms with E-state index in [4.69, 9.17) is 0 Å². The number of aromatic nitrogens is 1. The van der Waals surface area contributed by atoms with Crippen LogP contribution in [0.4, 0.5) is 0 Å². The third-order valence-electron chi connectivity index (χ3n) is 2.94. The van der Waals surface area contributed by atoms with Crippen molar-refractivity contribution in [2.45, 2.75) is 45.1 Å². The maximum Gasteiger partial charge on any atom is 0.0962 e. The van der Waals surface area contributed by atoms with Crippen molar-refractivity contribution in [3.05, 3.63) is 27.7 Å². The van der Waals surface area contributed by atoms with E-state index in [2.05, 4.69) is 18.0 Å². The number of thiazole rings is 1. The monoisotopic (exact) mass is 223 g/mol. The van der Waals surface area contributed by atoms with Gasteiger partial charge in [0.1, 0.15) is 0 Å². The summed E-state index contributed by atoms with van der Waals surface area (Å²) >= 11 is 1.70. The zero-order chi connectivity index (χ0) is 10.9. The molecule has 1 N–H and O–H groups in total. The standard InChI is InChI=1S/C12H17NOS/c1-9-10(2)15-11(13-9)8-12(14)6-4-3-5-7-12/h4,6,14H,3,5,7-8H2,1-2H3. The molecule has 15 heavy (non-hydrogen) atoms. The molecule has 1 aliphatic carbocycles. The van der Waals surface area contributed by atoms with Crippen molar-refractivity contribution in [2.75, 3.05) is 0 Å². The van der Waals surface area contributed by atoms with Crippen molar-refractivity contribution >= 4 is 11.3 Å². The second-order valence-electron chi connectivity index (χ2n) is 4.32. The van der Waals surface area contributed by atoms with Gasteiger partial charge in [0, 0.05) is 11.3 Å². The molecule has 0 saturated heterocycles. The van der Waals surface area contributed by atoms with Gasteiger partial charge in [0.15, 0.2) is 0 Å². The van der Waals surface area contributed by atoms with Gasteiger partial charge in [-0.3, -0.25) is 0 Å². The van der Waals surface area contributed by atoms with E-state index in [1.165, 1.54) is 4.88 Å². The van der Waals surface area contributed by atoms with E-state index in [0.717, 1.165) is 30.0 Å². The van der Waals surface area contributed by atoms with E-state index >= 15 is 0 Å². The van der Waals surface area contributed by atoms with Crippen LogP contribution in [-0.2, 0) is 6.42 Å². The molecule has 0 saturated carbocycles. The fourth-order valence-electron chi connectivity index (χ4n) is 1.94. The molecule has 1 heterocycles. The first-order valence-electron chi connectivity index (χ1n) is 5.42. The average molecular weight is 223 g/mol. The maximum absolute atomic E-state index is 10.3. The highest BCUT2D eigenvalue weighted by molar-refractivity contribution is 7.11. The van der Waals surface area contributed by atoms with Crippen molar-refractivity contribution < 1.29 is 5.11 Å². The van der Waals surface area contributed by atoms with Crippen molar-refractivity contribution in [2.24, 2.45) is 0 Å². The highest BCUT2D eigenvalue weighted by Crippen LogP contribution is 2.28. The molecule has 0 aliphatic heterocycles. The lowest BCUT2D eigenvalue weighted by atomic mass is 9.88. The second kappa shape index (κ2) is 4.06. The van der Waals surface area contributed by atoms with Crippen LogP contribution in [0.1, 0.15) is 34.8 Å². The maximum atomic E-state index is 10.3. The van der Waals surface area contributed by atoms with E-state index in [9.17, 15) is 5.11 Å². The zero-order valence-electron chi connectivity index (χ0n) is 9.29. The third-order valence-corrected chi connectivity index (χ3v) is 4.01. The summed E-state index contributed by atoms with van der Waals surface area (Å²) in [5.41, 5.74) is 0.452. The van der Waals surface area contributed by atoms with Gasteiger partial charge >= 0.3 is 0 Å². The Kier molecular flexibility index (Phi) is 2.94. The first-order valence-corrected chi connectivity index (χ1v) is 6.24. The number of aryl methyl sites for hydroxylation is 2. The number of rotatable bonds is 2. The molecule has 1 aromatic heterocycles. The predicted molar refractivity (Wildman–Crippen MR) is 63.2 cm³/mol. The molecule has 82 valence electrons. The Morgan fingerprint density at radius 3 is 2.87 bits per heavy atom. The van der Waals surface area contributed by atoms with Gasteiger partial charge in [0.05, 0.1) is 16.3 Å². The molecular weight excluding hydrogens is 206 g/mol. The van der Waals surface area contributed by atoms with Crippen LogP contribution in [0.25, 0.3) is 0 Å². The summed E-state index contributed by atoms with van der Waals surface area (Å²) in [5.74, 6) is 0. The summed E-state index contributed by atoms with van der Waals surface area (Å²) in [6, 6.07) is 0. The van der Waals surface area contributed by atoms with E-state index in [0.29, 0.717) is 6.42 Å². The number of aliphatic hydroxyl groups is 1. The Balaban J connectivity index is 2.13. The van der Waals surface area contributed by atoms with Crippen LogP contribution in [-0.4, -0.2) is 15.7 Å². The van der Waals surface area contributed by atoms with Gasteiger partial charge in [-0.25, -0.2) is 4.98 Å². The summed E-state index contributed by atoms with van der Waals surface area (Å²) in [6.45, 7) is 4.10. The fraction of sp³-hybridized carbons (Fsp3) is 0.583. The minimum atomic E-state index is -0.644. The van der Waals surface area contributed by atoms with Crippen molar-refractivity contribution in [1.82, 2.24) is 4.98 Å². The largest absolute Gasteiger partial charge is 0.385 e. The van der Waals surface area contributed by atoms with Gasteiger partial charge < -0.3 is 5.11 Å². The molecule has 1 unspecified atom stereocenters. The lowest BCUT2D eigenvalue weighted by molar-refractivity contribution is 0.0750. The van der Waals surface area contributed by atoms with Crippen molar-refractivity contribution in [3.63, 3.8) is 0 Å². The van der Waals surface area contributed by atoms with Crippen molar-refractivity contribution in [3.8, 4) is 0 Å². The number of hydrogen-bond donors (Lipinski definition) is 1. The van der Waals surface area contributed by atoms with Gasteiger partial charge in [-0.05, 0) is 33.1 Å². The molecular formula is C12H17NOS. The number of allylic oxidation sites excluding steroid dienone is 1. The third kappa shape index (κ3) is 2.47. The molecule has 1 aliphatic rings. The van der Waals surface area contributed by atoms with Crippen LogP contribution in [0, 0.1) is 13.8 Å². The lowest BCUT2D eigenvalue weighted by Crippen LogP contribution is -2.30. The summed E-state index contributed by atoms with van der Waals surface area (Å²) in [6.07, 6.45) is 7.73. The minimum absolute atomic E-state index is 0.644. The Labute approximate surface area is 94.7 Å². The molecule has 0 aromatic carbocycles. The van der Waals surface area contributed by atoms with E-state index in [1.54, 1.807) is 11.3 Å². The zero-order valence-corrected chi connectivity index (χ0v) is 10.1. The van der Waals surface area contributed by atoms with Crippen LogP contribution in [0.3, 0.4) is 0 Å². The summed E-state index contributed by atoms with van der Waals surface area (Å²) in [4.78, 5) is 5.73. The van der Waals surface area contributed by atoms with Crippen molar-refractivity contribution in [1.29, 1.82) is 0 Å². The van der Waals surface area contributed by atoms with Crippen LogP contribution in [0.5, 0.6) is 0 Å². The van der Waals surface area contributed by atoms with Gasteiger partial charge in [-0.1, -0.05) is 12.2 Å². The fourth-order valence-corrected chi connectivity index (χ4v) is 2.99. The molecule has 0 amide bonds. The molecule has 2 rings (SSSR count). The summed E-state index contributed by atoms with van der Waals surface area (Å²) in [7, 11) is 0. The lowest BCUT2D eigenvalue weighted by Gasteiger charge is -2.26. The molecule has 3 heteroatoms. The van der Waals surface area contributed by atoms with E-state index < -0.39 is 5.60 Å².